The normalized spacial score (nSPS) is 27.5. The molecule has 2 atom stereocenters. The number of benzene rings is 1. The number of aliphatic carboxylic acids is 1. The Balaban J connectivity index is 1.38. The summed E-state index contributed by atoms with van der Waals surface area (Å²) in [5.41, 5.74) is 1.16. The molecular formula is C18H24ClN3O3. The summed E-state index contributed by atoms with van der Waals surface area (Å²) in [5.74, 6) is -0.471. The van der Waals surface area contributed by atoms with Gasteiger partial charge in [0.15, 0.2) is 0 Å². The first-order valence-electron chi connectivity index (χ1n) is 8.74. The average molecular weight is 366 g/mol. The Hall–Kier alpha value is -1.79. The quantitative estimate of drug-likeness (QED) is 0.693. The maximum atomic E-state index is 12.1. The Labute approximate surface area is 152 Å². The molecule has 25 heavy (non-hydrogen) atoms. The zero-order valence-electron chi connectivity index (χ0n) is 14.2. The molecule has 2 fully saturated rings. The molecule has 2 saturated carbocycles. The standard InChI is InChI=1S/C18H24ClN3O3/c1-2-22(10-17(23)24)14-7-13(8-14)20-18(25)21-16-9-15(16)11-4-3-5-12(19)6-11/h3-6,13-16H,2,7-10H2,1H3,(H,23,24)(H2,20,21,25)/t13?,14?,15-,16+/m0/s1. The van der Waals surface area contributed by atoms with Crippen molar-refractivity contribution in [3.05, 3.63) is 34.9 Å². The number of carbonyl (C=O) groups is 2. The molecular weight excluding hydrogens is 342 g/mol. The Morgan fingerprint density at radius 3 is 2.68 bits per heavy atom. The highest BCUT2D eigenvalue weighted by atomic mass is 35.5. The minimum absolute atomic E-state index is 0.0590. The van der Waals surface area contributed by atoms with Gasteiger partial charge < -0.3 is 15.7 Å². The number of nitrogens with one attached hydrogen (secondary N) is 2. The van der Waals surface area contributed by atoms with Crippen molar-refractivity contribution < 1.29 is 14.7 Å². The van der Waals surface area contributed by atoms with E-state index in [-0.39, 0.29) is 30.7 Å². The van der Waals surface area contributed by atoms with Crippen LogP contribution in [0.15, 0.2) is 24.3 Å². The number of rotatable bonds is 7. The molecule has 0 bridgehead atoms. The second-order valence-electron chi connectivity index (χ2n) is 6.90. The van der Waals surface area contributed by atoms with Crippen LogP contribution in [0.5, 0.6) is 0 Å². The lowest BCUT2D eigenvalue weighted by Crippen LogP contribution is -2.56. The lowest BCUT2D eigenvalue weighted by atomic mass is 9.85. The fourth-order valence-electron chi connectivity index (χ4n) is 3.53. The summed E-state index contributed by atoms with van der Waals surface area (Å²) in [5, 5.41) is 15.6. The number of hydrogen-bond acceptors (Lipinski definition) is 3. The van der Waals surface area contributed by atoms with Crippen molar-refractivity contribution in [2.45, 2.75) is 50.2 Å². The van der Waals surface area contributed by atoms with Crippen molar-refractivity contribution in [3.8, 4) is 0 Å². The summed E-state index contributed by atoms with van der Waals surface area (Å²) in [4.78, 5) is 24.9. The smallest absolute Gasteiger partial charge is 0.317 e. The molecule has 2 aliphatic carbocycles. The molecule has 0 unspecified atom stereocenters. The van der Waals surface area contributed by atoms with Crippen LogP contribution >= 0.6 is 11.6 Å². The maximum Gasteiger partial charge on any atom is 0.317 e. The fourth-order valence-corrected chi connectivity index (χ4v) is 3.73. The van der Waals surface area contributed by atoms with Crippen LogP contribution in [0.25, 0.3) is 0 Å². The van der Waals surface area contributed by atoms with Crippen molar-refractivity contribution in [1.29, 1.82) is 0 Å². The van der Waals surface area contributed by atoms with Gasteiger partial charge in [-0.3, -0.25) is 9.69 Å². The largest absolute Gasteiger partial charge is 0.480 e. The van der Waals surface area contributed by atoms with Crippen LogP contribution in [0, 0.1) is 0 Å². The zero-order chi connectivity index (χ0) is 18.0. The van der Waals surface area contributed by atoms with E-state index in [0.29, 0.717) is 12.5 Å². The van der Waals surface area contributed by atoms with E-state index in [2.05, 4.69) is 10.6 Å². The number of carbonyl (C=O) groups excluding carboxylic acids is 1. The van der Waals surface area contributed by atoms with E-state index in [1.54, 1.807) is 0 Å². The van der Waals surface area contributed by atoms with Gasteiger partial charge in [-0.1, -0.05) is 30.7 Å². The van der Waals surface area contributed by atoms with Crippen molar-refractivity contribution in [3.63, 3.8) is 0 Å². The highest BCUT2D eigenvalue weighted by Crippen LogP contribution is 2.41. The fraction of sp³-hybridized carbons (Fsp3) is 0.556. The maximum absolute atomic E-state index is 12.1. The zero-order valence-corrected chi connectivity index (χ0v) is 15.0. The predicted octanol–water partition coefficient (Wildman–Crippen LogP) is 2.43. The third kappa shape index (κ3) is 4.64. The van der Waals surface area contributed by atoms with Crippen LogP contribution in [0.4, 0.5) is 4.79 Å². The predicted molar refractivity (Wildman–Crippen MR) is 96.0 cm³/mol. The van der Waals surface area contributed by atoms with Gasteiger partial charge in [0.2, 0.25) is 0 Å². The van der Waals surface area contributed by atoms with Gasteiger partial charge in [-0.2, -0.15) is 0 Å². The molecule has 3 N–H and O–H groups in total. The van der Waals surface area contributed by atoms with E-state index in [0.717, 1.165) is 29.8 Å². The van der Waals surface area contributed by atoms with Gasteiger partial charge in [0.1, 0.15) is 0 Å². The van der Waals surface area contributed by atoms with Gasteiger partial charge in [-0.15, -0.1) is 0 Å². The molecule has 2 aliphatic rings. The lowest BCUT2D eigenvalue weighted by molar-refractivity contribution is -0.139. The Morgan fingerprint density at radius 2 is 2.04 bits per heavy atom. The molecule has 136 valence electrons. The molecule has 0 radical (unpaired) electrons. The van der Waals surface area contributed by atoms with E-state index in [9.17, 15) is 9.59 Å². The number of amides is 2. The summed E-state index contributed by atoms with van der Waals surface area (Å²) in [7, 11) is 0. The number of carboxylic acids is 1. The third-order valence-electron chi connectivity index (χ3n) is 5.09. The van der Waals surface area contributed by atoms with Crippen molar-refractivity contribution in [2.24, 2.45) is 0 Å². The molecule has 6 nitrogen and oxygen atoms in total. The van der Waals surface area contributed by atoms with E-state index >= 15 is 0 Å². The number of urea groups is 1. The molecule has 0 saturated heterocycles. The van der Waals surface area contributed by atoms with Crippen LogP contribution < -0.4 is 10.6 Å². The van der Waals surface area contributed by atoms with Crippen LogP contribution in [0.2, 0.25) is 5.02 Å². The van der Waals surface area contributed by atoms with Crippen molar-refractivity contribution >= 4 is 23.6 Å². The summed E-state index contributed by atoms with van der Waals surface area (Å²) in [6.45, 7) is 2.72. The number of hydrogen-bond donors (Lipinski definition) is 3. The second-order valence-corrected chi connectivity index (χ2v) is 7.34. The summed E-state index contributed by atoms with van der Waals surface area (Å²) in [6, 6.07) is 8.14. The van der Waals surface area contributed by atoms with Gasteiger partial charge in [-0.05, 0) is 43.5 Å². The number of likely N-dealkylation sites (N-methyl/N-ethyl adjacent to an activating group) is 1. The van der Waals surface area contributed by atoms with Gasteiger partial charge in [-0.25, -0.2) is 4.79 Å². The van der Waals surface area contributed by atoms with E-state index in [4.69, 9.17) is 16.7 Å². The lowest BCUT2D eigenvalue weighted by Gasteiger charge is -2.42. The molecule has 2 amide bonds. The molecule has 3 rings (SSSR count). The summed E-state index contributed by atoms with van der Waals surface area (Å²) >= 11 is 6.01. The first-order chi connectivity index (χ1) is 12.0. The van der Waals surface area contributed by atoms with Gasteiger partial charge >= 0.3 is 12.0 Å². The topological polar surface area (TPSA) is 81.7 Å². The minimum Gasteiger partial charge on any atom is -0.480 e. The average Bonchev–Trinajstić information content (AvgIpc) is 3.27. The minimum atomic E-state index is -0.809. The van der Waals surface area contributed by atoms with Crippen LogP contribution in [-0.4, -0.2) is 53.2 Å². The highest BCUT2D eigenvalue weighted by Gasteiger charge is 2.40. The summed E-state index contributed by atoms with van der Waals surface area (Å²) in [6.07, 6.45) is 2.54. The van der Waals surface area contributed by atoms with Crippen LogP contribution in [-0.2, 0) is 4.79 Å². The van der Waals surface area contributed by atoms with Crippen LogP contribution in [0.3, 0.4) is 0 Å². The first kappa shape index (κ1) is 18.0. The van der Waals surface area contributed by atoms with Crippen molar-refractivity contribution in [2.75, 3.05) is 13.1 Å². The van der Waals surface area contributed by atoms with E-state index in [1.165, 1.54) is 0 Å². The van der Waals surface area contributed by atoms with Crippen molar-refractivity contribution in [1.82, 2.24) is 15.5 Å². The monoisotopic (exact) mass is 365 g/mol. The molecule has 0 aliphatic heterocycles. The highest BCUT2D eigenvalue weighted by molar-refractivity contribution is 6.30. The van der Waals surface area contributed by atoms with Crippen LogP contribution in [0.1, 0.15) is 37.7 Å². The van der Waals surface area contributed by atoms with E-state index < -0.39 is 5.97 Å². The molecule has 1 aromatic carbocycles. The Kier molecular flexibility index (Phi) is 5.49. The number of carboxylic acid groups (broad SMARTS) is 1. The molecule has 1 aromatic rings. The Bertz CT molecular complexity index is 648. The van der Waals surface area contributed by atoms with E-state index in [1.807, 2.05) is 36.1 Å². The molecule has 0 heterocycles. The molecule has 0 spiro atoms. The molecule has 0 aromatic heterocycles. The number of halogens is 1. The Morgan fingerprint density at radius 1 is 1.28 bits per heavy atom. The van der Waals surface area contributed by atoms with Gasteiger partial charge in [0.25, 0.3) is 0 Å². The first-order valence-corrected chi connectivity index (χ1v) is 9.12. The molecule has 7 heteroatoms. The number of nitrogens with zero attached hydrogens (tertiary/aromatic N) is 1. The SMILES string of the molecule is CCN(CC(=O)O)C1CC(NC(=O)N[C@@H]2C[C@H]2c2cccc(Cl)c2)C1. The second kappa shape index (κ2) is 7.62. The van der Waals surface area contributed by atoms with Gasteiger partial charge in [0.05, 0.1) is 6.54 Å². The van der Waals surface area contributed by atoms with Gasteiger partial charge in [0, 0.05) is 29.1 Å². The third-order valence-corrected chi connectivity index (χ3v) is 5.33. The summed E-state index contributed by atoms with van der Waals surface area (Å²) < 4.78 is 0.